The van der Waals surface area contributed by atoms with Gasteiger partial charge in [-0.2, -0.15) is 0 Å². The summed E-state index contributed by atoms with van der Waals surface area (Å²) in [6.07, 6.45) is 5.27. The van der Waals surface area contributed by atoms with Crippen LogP contribution in [0.5, 0.6) is 0 Å². The minimum atomic E-state index is -0.963. The largest absolute Gasteiger partial charge is 0.481 e. The number of carbonyl (C=O) groups excluding carboxylic acids is 2. The third-order valence-electron chi connectivity index (χ3n) is 5.37. The monoisotopic (exact) mass is 354 g/mol. The van der Waals surface area contributed by atoms with Gasteiger partial charge in [-0.25, -0.2) is 0 Å². The first kappa shape index (κ1) is 19.2. The molecule has 0 bridgehead atoms. The van der Waals surface area contributed by atoms with Gasteiger partial charge in [0.25, 0.3) is 0 Å². The second-order valence-electron chi connectivity index (χ2n) is 6.93. The smallest absolute Gasteiger partial charge is 0.307 e. The number of hydrogen-bond acceptors (Lipinski definition) is 4. The van der Waals surface area contributed by atoms with Crippen LogP contribution in [0.3, 0.4) is 0 Å². The van der Waals surface area contributed by atoms with Gasteiger partial charge >= 0.3 is 11.9 Å². The van der Waals surface area contributed by atoms with Crippen LogP contribution in [-0.4, -0.2) is 40.6 Å². The summed E-state index contributed by atoms with van der Waals surface area (Å²) in [7, 11) is 0. The lowest BCUT2D eigenvalue weighted by molar-refractivity contribution is -0.149. The molecule has 0 aromatic carbocycles. The van der Waals surface area contributed by atoms with E-state index in [0.29, 0.717) is 25.7 Å². The van der Waals surface area contributed by atoms with E-state index in [9.17, 15) is 29.4 Å². The Labute approximate surface area is 146 Å². The van der Waals surface area contributed by atoms with Crippen LogP contribution in [0.25, 0.3) is 0 Å². The Balaban J connectivity index is 1.82. The van der Waals surface area contributed by atoms with Crippen LogP contribution in [0, 0.1) is 23.7 Å². The zero-order valence-corrected chi connectivity index (χ0v) is 14.2. The van der Waals surface area contributed by atoms with Crippen molar-refractivity contribution in [2.24, 2.45) is 23.7 Å². The Hall–Kier alpha value is -2.12. The molecule has 0 heterocycles. The number of carboxylic acids is 2. The normalized spacial score (nSPS) is 29.4. The first-order chi connectivity index (χ1) is 11.9. The predicted octanol–water partition coefficient (Wildman–Crippen LogP) is 0.958. The molecular formula is C17H26N2O6. The molecule has 4 unspecified atom stereocenters. The molecule has 0 aliphatic heterocycles. The molecule has 140 valence electrons. The molecule has 0 saturated heterocycles. The maximum absolute atomic E-state index is 12.2. The van der Waals surface area contributed by atoms with E-state index >= 15 is 0 Å². The molecule has 0 spiro atoms. The Kier molecular flexibility index (Phi) is 6.78. The van der Waals surface area contributed by atoms with Gasteiger partial charge in [-0.1, -0.05) is 25.7 Å². The Morgan fingerprint density at radius 2 is 0.960 bits per heavy atom. The van der Waals surface area contributed by atoms with Crippen LogP contribution in [0.2, 0.25) is 0 Å². The molecule has 2 rings (SSSR count). The summed E-state index contributed by atoms with van der Waals surface area (Å²) in [5.74, 6) is -5.19. The standard InChI is InChI=1S/C17H26N2O6/c20-14(10-5-1-3-7-12(10)16(22)23)18-9-19-15(21)11-6-2-4-8-13(11)17(24)25/h10-13H,1-9H2,(H,18,20)(H,19,21)(H,22,23)(H,24,25). The summed E-state index contributed by atoms with van der Waals surface area (Å²) in [5.41, 5.74) is 0. The molecule has 25 heavy (non-hydrogen) atoms. The van der Waals surface area contributed by atoms with Crippen LogP contribution in [0.4, 0.5) is 0 Å². The lowest BCUT2D eigenvalue weighted by Crippen LogP contribution is -2.47. The number of rotatable bonds is 6. The van der Waals surface area contributed by atoms with Gasteiger partial charge in [0.2, 0.25) is 11.8 Å². The number of amides is 2. The molecule has 0 aromatic rings. The van der Waals surface area contributed by atoms with E-state index in [1.54, 1.807) is 0 Å². The highest BCUT2D eigenvalue weighted by molar-refractivity contribution is 5.86. The van der Waals surface area contributed by atoms with Gasteiger partial charge in [-0.3, -0.25) is 19.2 Å². The van der Waals surface area contributed by atoms with E-state index < -0.39 is 35.6 Å². The molecule has 4 N–H and O–H groups in total. The molecule has 8 heteroatoms. The van der Waals surface area contributed by atoms with Gasteiger partial charge in [0.15, 0.2) is 0 Å². The molecule has 2 saturated carbocycles. The molecule has 8 nitrogen and oxygen atoms in total. The molecule has 2 fully saturated rings. The SMILES string of the molecule is O=C(O)C1CCCCC1C(=O)NCNC(=O)C1CCCCC1C(=O)O. The van der Waals surface area contributed by atoms with Crippen LogP contribution in [0.15, 0.2) is 0 Å². The molecule has 2 aliphatic rings. The maximum atomic E-state index is 12.2. The highest BCUT2D eigenvalue weighted by atomic mass is 16.4. The highest BCUT2D eigenvalue weighted by Gasteiger charge is 2.37. The topological polar surface area (TPSA) is 133 Å². The summed E-state index contributed by atoms with van der Waals surface area (Å²) in [6, 6.07) is 0. The van der Waals surface area contributed by atoms with Crippen molar-refractivity contribution in [3.8, 4) is 0 Å². The van der Waals surface area contributed by atoms with Crippen molar-refractivity contribution in [1.82, 2.24) is 10.6 Å². The molecule has 2 amide bonds. The number of hydrogen-bond donors (Lipinski definition) is 4. The summed E-state index contributed by atoms with van der Waals surface area (Å²) in [5, 5.41) is 23.6. The van der Waals surface area contributed by atoms with Gasteiger partial charge in [0.1, 0.15) is 0 Å². The zero-order chi connectivity index (χ0) is 18.4. The van der Waals surface area contributed by atoms with E-state index in [1.165, 1.54) is 0 Å². The molecular weight excluding hydrogens is 328 g/mol. The number of aliphatic carboxylic acids is 2. The van der Waals surface area contributed by atoms with E-state index in [4.69, 9.17) is 0 Å². The summed E-state index contributed by atoms with van der Waals surface area (Å²) < 4.78 is 0. The fourth-order valence-electron chi connectivity index (χ4n) is 3.96. The molecule has 4 atom stereocenters. The Morgan fingerprint density at radius 1 is 0.640 bits per heavy atom. The van der Waals surface area contributed by atoms with Crippen molar-refractivity contribution in [3.63, 3.8) is 0 Å². The van der Waals surface area contributed by atoms with Gasteiger partial charge in [0, 0.05) is 0 Å². The lowest BCUT2D eigenvalue weighted by Gasteiger charge is -2.29. The van der Waals surface area contributed by atoms with Crippen molar-refractivity contribution < 1.29 is 29.4 Å². The fourth-order valence-corrected chi connectivity index (χ4v) is 3.96. The minimum absolute atomic E-state index is 0.108. The van der Waals surface area contributed by atoms with Gasteiger partial charge < -0.3 is 20.8 Å². The average molecular weight is 354 g/mol. The Morgan fingerprint density at radius 3 is 1.28 bits per heavy atom. The summed E-state index contributed by atoms with van der Waals surface area (Å²) in [4.78, 5) is 47.0. The quantitative estimate of drug-likeness (QED) is 0.525. The number of carbonyl (C=O) groups is 4. The van der Waals surface area contributed by atoms with Crippen molar-refractivity contribution in [2.45, 2.75) is 51.4 Å². The van der Waals surface area contributed by atoms with Crippen LogP contribution < -0.4 is 10.6 Å². The first-order valence-corrected chi connectivity index (χ1v) is 8.93. The number of nitrogens with one attached hydrogen (secondary N) is 2. The fraction of sp³-hybridized carbons (Fsp3) is 0.765. The van der Waals surface area contributed by atoms with E-state index in [2.05, 4.69) is 10.6 Å². The van der Waals surface area contributed by atoms with E-state index in [0.717, 1.165) is 25.7 Å². The predicted molar refractivity (Wildman–Crippen MR) is 87.3 cm³/mol. The first-order valence-electron chi connectivity index (χ1n) is 8.93. The average Bonchev–Trinajstić information content (AvgIpc) is 2.61. The van der Waals surface area contributed by atoms with Crippen molar-refractivity contribution >= 4 is 23.8 Å². The van der Waals surface area contributed by atoms with E-state index in [1.807, 2.05) is 0 Å². The van der Waals surface area contributed by atoms with Crippen LogP contribution in [0.1, 0.15) is 51.4 Å². The van der Waals surface area contributed by atoms with Gasteiger partial charge in [0.05, 0.1) is 30.3 Å². The third-order valence-corrected chi connectivity index (χ3v) is 5.37. The van der Waals surface area contributed by atoms with Crippen molar-refractivity contribution in [3.05, 3.63) is 0 Å². The van der Waals surface area contributed by atoms with Crippen LogP contribution in [-0.2, 0) is 19.2 Å². The molecule has 0 radical (unpaired) electrons. The Bertz CT molecular complexity index is 489. The molecule has 2 aliphatic carbocycles. The third kappa shape index (κ3) is 4.93. The minimum Gasteiger partial charge on any atom is -0.481 e. The van der Waals surface area contributed by atoms with Gasteiger partial charge in [-0.15, -0.1) is 0 Å². The second kappa shape index (κ2) is 8.82. The van der Waals surface area contributed by atoms with Crippen LogP contribution >= 0.6 is 0 Å². The zero-order valence-electron chi connectivity index (χ0n) is 14.2. The lowest BCUT2D eigenvalue weighted by atomic mass is 9.78. The highest BCUT2D eigenvalue weighted by Crippen LogP contribution is 2.31. The molecule has 0 aromatic heterocycles. The maximum Gasteiger partial charge on any atom is 0.307 e. The second-order valence-corrected chi connectivity index (χ2v) is 6.93. The van der Waals surface area contributed by atoms with Crippen molar-refractivity contribution in [2.75, 3.05) is 6.67 Å². The summed E-state index contributed by atoms with van der Waals surface area (Å²) in [6.45, 7) is -0.108. The van der Waals surface area contributed by atoms with E-state index in [-0.39, 0.29) is 18.5 Å². The summed E-state index contributed by atoms with van der Waals surface area (Å²) >= 11 is 0. The number of carboxylic acid groups (broad SMARTS) is 2. The van der Waals surface area contributed by atoms with Gasteiger partial charge in [-0.05, 0) is 25.7 Å². The van der Waals surface area contributed by atoms with Crippen molar-refractivity contribution in [1.29, 1.82) is 0 Å².